The first-order valence-electron chi connectivity index (χ1n) is 6.42. The lowest BCUT2D eigenvalue weighted by atomic mass is 10.0. The molecule has 1 aromatic rings. The molecular formula is C13H24N4O. The summed E-state index contributed by atoms with van der Waals surface area (Å²) in [6.45, 7) is 8.89. The van der Waals surface area contributed by atoms with Crippen LogP contribution in [-0.2, 0) is 4.74 Å². The second-order valence-corrected chi connectivity index (χ2v) is 4.44. The van der Waals surface area contributed by atoms with Crippen molar-refractivity contribution < 1.29 is 4.74 Å². The van der Waals surface area contributed by atoms with Crippen molar-refractivity contribution in [2.75, 3.05) is 44.1 Å². The standard InChI is InChI=1S/C13H24N4O/c1-6-17(7-8-18-5)13-11(10(2)3)12(14-4)15-9-16-13/h9-10H,6-8H2,1-5H3,(H,14,15,16). The highest BCUT2D eigenvalue weighted by Crippen LogP contribution is 2.30. The van der Waals surface area contributed by atoms with Crippen LogP contribution in [0.4, 0.5) is 11.6 Å². The van der Waals surface area contributed by atoms with Gasteiger partial charge >= 0.3 is 0 Å². The van der Waals surface area contributed by atoms with E-state index in [1.165, 1.54) is 0 Å². The number of aromatic nitrogens is 2. The van der Waals surface area contributed by atoms with E-state index in [0.29, 0.717) is 12.5 Å². The van der Waals surface area contributed by atoms with Crippen LogP contribution >= 0.6 is 0 Å². The molecule has 102 valence electrons. The predicted octanol–water partition coefficient (Wildman–Crippen LogP) is 2.11. The Bertz CT molecular complexity index is 368. The van der Waals surface area contributed by atoms with Crippen molar-refractivity contribution in [1.82, 2.24) is 9.97 Å². The first kappa shape index (κ1) is 14.7. The van der Waals surface area contributed by atoms with E-state index in [-0.39, 0.29) is 0 Å². The molecule has 0 atom stereocenters. The Hall–Kier alpha value is -1.36. The number of hydrogen-bond acceptors (Lipinski definition) is 5. The van der Waals surface area contributed by atoms with Gasteiger partial charge in [0, 0.05) is 32.8 Å². The van der Waals surface area contributed by atoms with E-state index in [0.717, 1.165) is 30.3 Å². The zero-order valence-corrected chi connectivity index (χ0v) is 12.0. The lowest BCUT2D eigenvalue weighted by molar-refractivity contribution is 0.205. The minimum Gasteiger partial charge on any atom is -0.383 e. The van der Waals surface area contributed by atoms with Crippen molar-refractivity contribution in [2.45, 2.75) is 26.7 Å². The third-order valence-electron chi connectivity index (χ3n) is 2.92. The van der Waals surface area contributed by atoms with Crippen LogP contribution in [0.25, 0.3) is 0 Å². The van der Waals surface area contributed by atoms with Gasteiger partial charge in [0.25, 0.3) is 0 Å². The van der Waals surface area contributed by atoms with Crippen molar-refractivity contribution in [1.29, 1.82) is 0 Å². The molecule has 0 aliphatic rings. The molecule has 0 spiro atoms. The van der Waals surface area contributed by atoms with Crippen LogP contribution in [-0.4, -0.2) is 43.8 Å². The quantitative estimate of drug-likeness (QED) is 0.805. The predicted molar refractivity (Wildman–Crippen MR) is 75.4 cm³/mol. The maximum absolute atomic E-state index is 5.15. The van der Waals surface area contributed by atoms with Gasteiger partial charge in [0.05, 0.1) is 6.61 Å². The molecule has 5 nitrogen and oxygen atoms in total. The smallest absolute Gasteiger partial charge is 0.137 e. The number of nitrogens with zero attached hydrogens (tertiary/aromatic N) is 3. The molecule has 0 saturated heterocycles. The molecule has 0 unspecified atom stereocenters. The number of anilines is 2. The summed E-state index contributed by atoms with van der Waals surface area (Å²) in [7, 11) is 3.61. The van der Waals surface area contributed by atoms with Crippen molar-refractivity contribution >= 4 is 11.6 Å². The summed E-state index contributed by atoms with van der Waals surface area (Å²) in [5.41, 5.74) is 1.16. The topological polar surface area (TPSA) is 50.3 Å². The van der Waals surface area contributed by atoms with Crippen LogP contribution in [0.3, 0.4) is 0 Å². The molecule has 0 aliphatic carbocycles. The second kappa shape index (κ2) is 7.16. The average molecular weight is 252 g/mol. The fourth-order valence-corrected chi connectivity index (χ4v) is 1.98. The fraction of sp³-hybridized carbons (Fsp3) is 0.692. The van der Waals surface area contributed by atoms with Gasteiger partial charge in [0.15, 0.2) is 0 Å². The van der Waals surface area contributed by atoms with Crippen molar-refractivity contribution in [3.63, 3.8) is 0 Å². The molecule has 1 aromatic heterocycles. The van der Waals surface area contributed by atoms with Crippen molar-refractivity contribution in [3.05, 3.63) is 11.9 Å². The molecule has 0 fully saturated rings. The Morgan fingerprint density at radius 1 is 1.39 bits per heavy atom. The molecule has 1 heterocycles. The van der Waals surface area contributed by atoms with Crippen molar-refractivity contribution in [2.24, 2.45) is 0 Å². The first-order valence-corrected chi connectivity index (χ1v) is 6.42. The monoisotopic (exact) mass is 252 g/mol. The molecule has 0 aliphatic heterocycles. The second-order valence-electron chi connectivity index (χ2n) is 4.44. The first-order chi connectivity index (χ1) is 8.65. The van der Waals surface area contributed by atoms with Crippen LogP contribution in [0.15, 0.2) is 6.33 Å². The molecule has 0 radical (unpaired) electrons. The largest absolute Gasteiger partial charge is 0.383 e. The van der Waals surface area contributed by atoms with E-state index in [4.69, 9.17) is 4.74 Å². The van der Waals surface area contributed by atoms with Gasteiger partial charge in [-0.15, -0.1) is 0 Å². The molecule has 0 bridgehead atoms. The number of rotatable bonds is 7. The van der Waals surface area contributed by atoms with E-state index < -0.39 is 0 Å². The minimum atomic E-state index is 0.375. The van der Waals surface area contributed by atoms with Crippen LogP contribution in [0.2, 0.25) is 0 Å². The Morgan fingerprint density at radius 2 is 2.11 bits per heavy atom. The molecule has 18 heavy (non-hydrogen) atoms. The summed E-state index contributed by atoms with van der Waals surface area (Å²) >= 11 is 0. The Morgan fingerprint density at radius 3 is 2.61 bits per heavy atom. The maximum atomic E-state index is 5.15. The molecule has 0 aromatic carbocycles. The zero-order valence-electron chi connectivity index (χ0n) is 12.0. The maximum Gasteiger partial charge on any atom is 0.137 e. The summed E-state index contributed by atoms with van der Waals surface area (Å²) in [5, 5.41) is 3.14. The number of likely N-dealkylation sites (N-methyl/N-ethyl adjacent to an activating group) is 1. The van der Waals surface area contributed by atoms with Crippen LogP contribution in [0, 0.1) is 0 Å². The van der Waals surface area contributed by atoms with E-state index in [9.17, 15) is 0 Å². The van der Waals surface area contributed by atoms with E-state index in [1.807, 2.05) is 7.05 Å². The molecule has 0 saturated carbocycles. The third-order valence-corrected chi connectivity index (χ3v) is 2.92. The highest BCUT2D eigenvalue weighted by atomic mass is 16.5. The van der Waals surface area contributed by atoms with Gasteiger partial charge in [-0.25, -0.2) is 9.97 Å². The number of ether oxygens (including phenoxy) is 1. The fourth-order valence-electron chi connectivity index (χ4n) is 1.98. The Labute approximate surface area is 110 Å². The number of nitrogens with one attached hydrogen (secondary N) is 1. The summed E-state index contributed by atoms with van der Waals surface area (Å²) in [6.07, 6.45) is 1.61. The number of methoxy groups -OCH3 is 1. The van der Waals surface area contributed by atoms with Gasteiger partial charge in [-0.05, 0) is 12.8 Å². The van der Waals surface area contributed by atoms with Crippen LogP contribution in [0.5, 0.6) is 0 Å². The summed E-state index contributed by atoms with van der Waals surface area (Å²) in [4.78, 5) is 11.0. The lowest BCUT2D eigenvalue weighted by Gasteiger charge is -2.26. The highest BCUT2D eigenvalue weighted by molar-refractivity contribution is 5.60. The molecular weight excluding hydrogens is 228 g/mol. The van der Waals surface area contributed by atoms with Gasteiger partial charge in [-0.1, -0.05) is 13.8 Å². The minimum absolute atomic E-state index is 0.375. The SMILES string of the molecule is CCN(CCOC)c1ncnc(NC)c1C(C)C. The van der Waals surface area contributed by atoms with Gasteiger partial charge in [0.2, 0.25) is 0 Å². The lowest BCUT2D eigenvalue weighted by Crippen LogP contribution is -2.29. The van der Waals surface area contributed by atoms with Gasteiger partial charge in [0.1, 0.15) is 18.0 Å². The van der Waals surface area contributed by atoms with E-state index in [1.54, 1.807) is 13.4 Å². The van der Waals surface area contributed by atoms with E-state index >= 15 is 0 Å². The number of hydrogen-bond donors (Lipinski definition) is 1. The Balaban J connectivity index is 3.12. The van der Waals surface area contributed by atoms with Gasteiger partial charge in [-0.2, -0.15) is 0 Å². The normalized spacial score (nSPS) is 10.8. The molecule has 0 amide bonds. The molecule has 1 rings (SSSR count). The van der Waals surface area contributed by atoms with Gasteiger partial charge in [-0.3, -0.25) is 0 Å². The third kappa shape index (κ3) is 3.32. The van der Waals surface area contributed by atoms with Gasteiger partial charge < -0.3 is 15.0 Å². The van der Waals surface area contributed by atoms with Crippen molar-refractivity contribution in [3.8, 4) is 0 Å². The van der Waals surface area contributed by atoms with Crippen LogP contribution < -0.4 is 10.2 Å². The summed E-state index contributed by atoms with van der Waals surface area (Å²) < 4.78 is 5.15. The zero-order chi connectivity index (χ0) is 13.5. The molecule has 1 N–H and O–H groups in total. The highest BCUT2D eigenvalue weighted by Gasteiger charge is 2.18. The van der Waals surface area contributed by atoms with E-state index in [2.05, 4.69) is 41.0 Å². The van der Waals surface area contributed by atoms with Crippen LogP contribution in [0.1, 0.15) is 32.3 Å². The summed E-state index contributed by atoms with van der Waals surface area (Å²) in [5.74, 6) is 2.29. The Kier molecular flexibility index (Phi) is 5.85. The summed E-state index contributed by atoms with van der Waals surface area (Å²) in [6, 6.07) is 0. The molecule has 5 heteroatoms. The average Bonchev–Trinajstić information content (AvgIpc) is 2.38.